The topological polar surface area (TPSA) is 24.7 Å². The second kappa shape index (κ2) is 10.2. The molecule has 0 heterocycles. The van der Waals surface area contributed by atoms with Crippen molar-refractivity contribution in [3.63, 3.8) is 0 Å². The summed E-state index contributed by atoms with van der Waals surface area (Å²) >= 11 is 0. The first-order valence-electron chi connectivity index (χ1n) is 12.7. The summed E-state index contributed by atoms with van der Waals surface area (Å²) in [6.07, 6.45) is 4.02. The quantitative estimate of drug-likeness (QED) is 0.316. The van der Waals surface area contributed by atoms with E-state index in [0.717, 1.165) is 0 Å². The molecule has 0 fully saturated rings. The molecule has 0 aliphatic rings. The molecule has 2 heteroatoms. The average molecular weight is 461 g/mol. The molecule has 34 heavy (non-hydrogen) atoms. The Morgan fingerprint density at radius 3 is 0.882 bits per heavy atom. The zero-order chi connectivity index (χ0) is 25.9. The van der Waals surface area contributed by atoms with Gasteiger partial charge in [-0.25, -0.2) is 0 Å². The van der Waals surface area contributed by atoms with E-state index in [4.69, 9.17) is 9.98 Å². The van der Waals surface area contributed by atoms with Gasteiger partial charge < -0.3 is 0 Å². The number of benzene rings is 2. The highest BCUT2D eigenvalue weighted by molar-refractivity contribution is 5.81. The second-order valence-corrected chi connectivity index (χ2v) is 13.8. The predicted molar refractivity (Wildman–Crippen MR) is 153 cm³/mol. The van der Waals surface area contributed by atoms with Crippen molar-refractivity contribution < 1.29 is 0 Å². The highest BCUT2D eigenvalue weighted by Crippen LogP contribution is 2.31. The van der Waals surface area contributed by atoms with Gasteiger partial charge in [0.05, 0.1) is 13.1 Å². The minimum Gasteiger partial charge on any atom is -0.291 e. The van der Waals surface area contributed by atoms with Gasteiger partial charge in [0, 0.05) is 12.4 Å². The SMILES string of the molecule is CC(C)(C)c1cc(C=NCCN=Cc2cc(C(C)(C)C)cc(C(C)(C)C)c2)cc(C(C)(C)C)c1. The Labute approximate surface area is 210 Å². The van der Waals surface area contributed by atoms with Crippen molar-refractivity contribution in [2.75, 3.05) is 13.1 Å². The van der Waals surface area contributed by atoms with Crippen molar-refractivity contribution >= 4 is 12.4 Å². The first-order valence-corrected chi connectivity index (χ1v) is 12.7. The zero-order valence-corrected chi connectivity index (χ0v) is 23.9. The van der Waals surface area contributed by atoms with Gasteiger partial charge >= 0.3 is 0 Å². The van der Waals surface area contributed by atoms with Crippen LogP contribution in [0.15, 0.2) is 46.4 Å². The number of rotatable bonds is 5. The summed E-state index contributed by atoms with van der Waals surface area (Å²) in [5, 5.41) is 0. The van der Waals surface area contributed by atoms with Gasteiger partial charge in [-0.05, 0) is 79.3 Å². The Kier molecular flexibility index (Phi) is 8.39. The van der Waals surface area contributed by atoms with E-state index < -0.39 is 0 Å². The normalized spacial score (nSPS) is 13.9. The van der Waals surface area contributed by atoms with Crippen molar-refractivity contribution in [2.24, 2.45) is 9.98 Å². The Morgan fingerprint density at radius 1 is 0.441 bits per heavy atom. The third-order valence-electron chi connectivity index (χ3n) is 6.21. The summed E-state index contributed by atoms with van der Waals surface area (Å²) in [7, 11) is 0. The highest BCUT2D eigenvalue weighted by Gasteiger charge is 2.21. The monoisotopic (exact) mass is 460 g/mol. The number of hydrogen-bond donors (Lipinski definition) is 0. The summed E-state index contributed by atoms with van der Waals surface area (Å²) in [6, 6.07) is 13.8. The van der Waals surface area contributed by atoms with E-state index in [2.05, 4.69) is 119 Å². The molecule has 0 spiro atoms. The third kappa shape index (κ3) is 8.22. The van der Waals surface area contributed by atoms with Gasteiger partial charge in [-0.15, -0.1) is 0 Å². The van der Waals surface area contributed by atoms with Gasteiger partial charge in [0.25, 0.3) is 0 Å². The predicted octanol–water partition coefficient (Wildman–Crippen LogP) is 8.41. The summed E-state index contributed by atoms with van der Waals surface area (Å²) in [5.74, 6) is 0. The molecule has 2 aromatic rings. The lowest BCUT2D eigenvalue weighted by atomic mass is 9.79. The van der Waals surface area contributed by atoms with Crippen LogP contribution in [0.4, 0.5) is 0 Å². The fraction of sp³-hybridized carbons (Fsp3) is 0.562. The van der Waals surface area contributed by atoms with Gasteiger partial charge in [-0.2, -0.15) is 0 Å². The van der Waals surface area contributed by atoms with E-state index in [1.54, 1.807) is 0 Å². The van der Waals surface area contributed by atoms with Gasteiger partial charge in [-0.1, -0.05) is 95.2 Å². The first-order chi connectivity index (χ1) is 15.4. The van der Waals surface area contributed by atoms with Crippen molar-refractivity contribution in [3.8, 4) is 0 Å². The van der Waals surface area contributed by atoms with E-state index in [0.29, 0.717) is 13.1 Å². The molecule has 2 aromatic carbocycles. The molecule has 0 saturated heterocycles. The number of nitrogens with zero attached hydrogens (tertiary/aromatic N) is 2. The fourth-order valence-electron chi connectivity index (χ4n) is 3.64. The second-order valence-electron chi connectivity index (χ2n) is 13.8. The van der Waals surface area contributed by atoms with Crippen LogP contribution in [0.1, 0.15) is 116 Å². The highest BCUT2D eigenvalue weighted by atomic mass is 14.8. The molecule has 0 bridgehead atoms. The maximum atomic E-state index is 4.69. The Balaban J connectivity index is 2.16. The molecule has 2 nitrogen and oxygen atoms in total. The molecular weight excluding hydrogens is 412 g/mol. The molecule has 0 aliphatic heterocycles. The number of aliphatic imine (C=N–C) groups is 2. The largest absolute Gasteiger partial charge is 0.291 e. The van der Waals surface area contributed by atoms with E-state index in [9.17, 15) is 0 Å². The van der Waals surface area contributed by atoms with E-state index in [-0.39, 0.29) is 21.7 Å². The lowest BCUT2D eigenvalue weighted by Gasteiger charge is -2.25. The summed E-state index contributed by atoms with van der Waals surface area (Å²) < 4.78 is 0. The molecular formula is C32H48N2. The van der Waals surface area contributed by atoms with Gasteiger partial charge in [0.1, 0.15) is 0 Å². The standard InChI is InChI=1S/C32H48N2/c1-29(2,3)25-15-23(16-26(19-25)30(4,5)6)21-33-13-14-34-22-24-17-27(31(7,8)9)20-28(18-24)32(10,11)12/h15-22H,13-14H2,1-12H3. The van der Waals surface area contributed by atoms with E-state index in [1.165, 1.54) is 33.4 Å². The van der Waals surface area contributed by atoms with Crippen LogP contribution in [0.25, 0.3) is 0 Å². The molecule has 0 saturated carbocycles. The molecule has 0 aromatic heterocycles. The molecule has 186 valence electrons. The average Bonchev–Trinajstić information content (AvgIpc) is 2.67. The third-order valence-corrected chi connectivity index (χ3v) is 6.21. The van der Waals surface area contributed by atoms with Crippen LogP contribution < -0.4 is 0 Å². The maximum Gasteiger partial charge on any atom is 0.0585 e. The van der Waals surface area contributed by atoms with E-state index in [1.807, 2.05) is 12.4 Å². The van der Waals surface area contributed by atoms with Crippen LogP contribution in [-0.2, 0) is 21.7 Å². The van der Waals surface area contributed by atoms with Crippen LogP contribution in [0.2, 0.25) is 0 Å². The van der Waals surface area contributed by atoms with Crippen LogP contribution >= 0.6 is 0 Å². The van der Waals surface area contributed by atoms with Crippen LogP contribution in [0.5, 0.6) is 0 Å². The van der Waals surface area contributed by atoms with Crippen LogP contribution in [0, 0.1) is 0 Å². The molecule has 0 N–H and O–H groups in total. The smallest absolute Gasteiger partial charge is 0.0585 e. The molecule has 0 amide bonds. The van der Waals surface area contributed by atoms with Gasteiger partial charge in [-0.3, -0.25) is 9.98 Å². The van der Waals surface area contributed by atoms with Crippen molar-refractivity contribution in [1.29, 1.82) is 0 Å². The summed E-state index contributed by atoms with van der Waals surface area (Å²) in [5.41, 5.74) is 8.22. The molecule has 0 unspecified atom stereocenters. The van der Waals surface area contributed by atoms with Crippen molar-refractivity contribution in [3.05, 3.63) is 69.8 Å². The van der Waals surface area contributed by atoms with Gasteiger partial charge in [0.15, 0.2) is 0 Å². The minimum atomic E-state index is 0.113. The zero-order valence-electron chi connectivity index (χ0n) is 23.9. The van der Waals surface area contributed by atoms with Crippen LogP contribution in [0.3, 0.4) is 0 Å². The minimum absolute atomic E-state index is 0.113. The molecule has 0 aliphatic carbocycles. The lowest BCUT2D eigenvalue weighted by molar-refractivity contribution is 0.568. The first kappa shape index (κ1) is 28.0. The van der Waals surface area contributed by atoms with Gasteiger partial charge in [0.2, 0.25) is 0 Å². The molecule has 0 atom stereocenters. The Hall–Kier alpha value is -2.22. The molecule has 0 radical (unpaired) electrons. The Morgan fingerprint density at radius 2 is 0.676 bits per heavy atom. The van der Waals surface area contributed by atoms with Crippen LogP contribution in [-0.4, -0.2) is 25.5 Å². The van der Waals surface area contributed by atoms with Crippen molar-refractivity contribution in [1.82, 2.24) is 0 Å². The van der Waals surface area contributed by atoms with E-state index >= 15 is 0 Å². The summed E-state index contributed by atoms with van der Waals surface area (Å²) in [6.45, 7) is 28.6. The Bertz CT molecular complexity index is 877. The maximum absolute atomic E-state index is 4.69. The van der Waals surface area contributed by atoms with Crippen molar-refractivity contribution in [2.45, 2.75) is 105 Å². The summed E-state index contributed by atoms with van der Waals surface area (Å²) in [4.78, 5) is 9.39. The number of hydrogen-bond acceptors (Lipinski definition) is 2. The fourth-order valence-corrected chi connectivity index (χ4v) is 3.64. The molecule has 2 rings (SSSR count). The lowest BCUT2D eigenvalue weighted by Crippen LogP contribution is -2.17.